The summed E-state index contributed by atoms with van der Waals surface area (Å²) < 4.78 is 0. The molecular formula is C16H34N4O2. The van der Waals surface area contributed by atoms with E-state index in [0.717, 1.165) is 38.8 Å². The van der Waals surface area contributed by atoms with Crippen molar-refractivity contribution < 1.29 is 9.59 Å². The minimum Gasteiger partial charge on any atom is -0.341 e. The maximum absolute atomic E-state index is 11.7. The van der Waals surface area contributed by atoms with Crippen LogP contribution in [0.4, 0.5) is 9.59 Å². The van der Waals surface area contributed by atoms with E-state index in [2.05, 4.69) is 10.6 Å². The number of urea groups is 2. The van der Waals surface area contributed by atoms with E-state index in [0.29, 0.717) is 0 Å². The molecule has 6 heteroatoms. The highest BCUT2D eigenvalue weighted by molar-refractivity contribution is 5.74. The van der Waals surface area contributed by atoms with Crippen molar-refractivity contribution in [2.45, 2.75) is 65.5 Å². The molecule has 0 aliphatic carbocycles. The van der Waals surface area contributed by atoms with Gasteiger partial charge < -0.3 is 20.4 Å². The van der Waals surface area contributed by atoms with Gasteiger partial charge in [0.1, 0.15) is 0 Å². The summed E-state index contributed by atoms with van der Waals surface area (Å²) in [6, 6.07) is 0.399. The zero-order valence-corrected chi connectivity index (χ0v) is 15.1. The average Bonchev–Trinajstić information content (AvgIpc) is 2.47. The van der Waals surface area contributed by atoms with Gasteiger partial charge in [0.25, 0.3) is 0 Å². The van der Waals surface area contributed by atoms with Gasteiger partial charge in [-0.1, -0.05) is 12.8 Å². The van der Waals surface area contributed by atoms with Crippen molar-refractivity contribution in [3.05, 3.63) is 0 Å². The van der Waals surface area contributed by atoms with E-state index in [9.17, 15) is 9.59 Å². The minimum absolute atomic E-state index is 0.0133. The third kappa shape index (κ3) is 7.52. The summed E-state index contributed by atoms with van der Waals surface area (Å²) in [6.45, 7) is 9.66. The molecular weight excluding hydrogens is 280 g/mol. The zero-order valence-electron chi connectivity index (χ0n) is 15.1. The van der Waals surface area contributed by atoms with Gasteiger partial charge in [0.05, 0.1) is 0 Å². The monoisotopic (exact) mass is 314 g/mol. The predicted molar refractivity (Wildman–Crippen MR) is 91.1 cm³/mol. The number of hydrogen-bond donors (Lipinski definition) is 2. The van der Waals surface area contributed by atoms with Crippen molar-refractivity contribution in [3.63, 3.8) is 0 Å². The van der Waals surface area contributed by atoms with Crippen molar-refractivity contribution in [1.29, 1.82) is 0 Å². The average molecular weight is 314 g/mol. The van der Waals surface area contributed by atoms with Gasteiger partial charge in [-0.2, -0.15) is 0 Å². The fraction of sp³-hybridized carbons (Fsp3) is 0.875. The number of carbonyl (C=O) groups is 2. The molecule has 0 aliphatic rings. The molecule has 0 saturated carbocycles. The lowest BCUT2D eigenvalue weighted by Gasteiger charge is -2.27. The van der Waals surface area contributed by atoms with Crippen LogP contribution >= 0.6 is 0 Å². The number of amides is 4. The Bertz CT molecular complexity index is 300. The van der Waals surface area contributed by atoms with E-state index in [4.69, 9.17) is 0 Å². The molecule has 0 heterocycles. The van der Waals surface area contributed by atoms with Crippen LogP contribution in [-0.4, -0.2) is 61.1 Å². The summed E-state index contributed by atoms with van der Waals surface area (Å²) in [7, 11) is 3.33. The molecule has 0 aromatic carbocycles. The van der Waals surface area contributed by atoms with E-state index < -0.39 is 0 Å². The highest BCUT2D eigenvalue weighted by atomic mass is 16.2. The first-order chi connectivity index (χ1) is 10.3. The number of nitrogens with one attached hydrogen (secondary N) is 2. The van der Waals surface area contributed by atoms with Gasteiger partial charge in [0.2, 0.25) is 0 Å². The Hall–Kier alpha value is -1.46. The molecule has 2 N–H and O–H groups in total. The van der Waals surface area contributed by atoms with Gasteiger partial charge in [-0.25, -0.2) is 9.59 Å². The number of carbonyl (C=O) groups excluding carboxylic acids is 2. The van der Waals surface area contributed by atoms with Crippen LogP contribution < -0.4 is 10.6 Å². The van der Waals surface area contributed by atoms with Crippen LogP contribution in [-0.2, 0) is 0 Å². The second kappa shape index (κ2) is 11.2. The standard InChI is InChI=1S/C16H34N4O2/c1-13(2)19(15(21)17-5)11-9-7-8-10-12-20(14(3)4)16(22)18-6/h13-14H,7-12H2,1-6H3,(H,17,21)(H,18,22). The van der Waals surface area contributed by atoms with Crippen LogP contribution in [0.25, 0.3) is 0 Å². The van der Waals surface area contributed by atoms with Crippen LogP contribution in [0.5, 0.6) is 0 Å². The van der Waals surface area contributed by atoms with Crippen LogP contribution in [0.15, 0.2) is 0 Å². The molecule has 0 aliphatic heterocycles. The van der Waals surface area contributed by atoms with E-state index >= 15 is 0 Å². The van der Waals surface area contributed by atoms with Crippen LogP contribution in [0.2, 0.25) is 0 Å². The molecule has 0 saturated heterocycles. The van der Waals surface area contributed by atoms with Gasteiger partial charge >= 0.3 is 12.1 Å². The van der Waals surface area contributed by atoms with Crippen molar-refractivity contribution in [2.75, 3.05) is 27.2 Å². The Kier molecular flexibility index (Phi) is 10.4. The maximum Gasteiger partial charge on any atom is 0.317 e. The lowest BCUT2D eigenvalue weighted by atomic mass is 10.1. The number of nitrogens with zero attached hydrogens (tertiary/aromatic N) is 2. The van der Waals surface area contributed by atoms with E-state index in [1.54, 1.807) is 14.1 Å². The van der Waals surface area contributed by atoms with Gasteiger partial charge in [0.15, 0.2) is 0 Å². The Labute approximate surface area is 135 Å². The fourth-order valence-electron chi connectivity index (χ4n) is 2.39. The van der Waals surface area contributed by atoms with Crippen molar-refractivity contribution >= 4 is 12.1 Å². The summed E-state index contributed by atoms with van der Waals surface area (Å²) in [5.41, 5.74) is 0. The second-order valence-electron chi connectivity index (χ2n) is 6.10. The van der Waals surface area contributed by atoms with Crippen molar-refractivity contribution in [2.24, 2.45) is 0 Å². The Morgan fingerprint density at radius 2 is 1.05 bits per heavy atom. The quantitative estimate of drug-likeness (QED) is 0.643. The van der Waals surface area contributed by atoms with Crippen molar-refractivity contribution in [3.8, 4) is 0 Å². The molecule has 0 aromatic rings. The Balaban J connectivity index is 3.97. The lowest BCUT2D eigenvalue weighted by Crippen LogP contribution is -2.43. The molecule has 0 unspecified atom stereocenters. The molecule has 0 aromatic heterocycles. The Morgan fingerprint density at radius 1 is 0.727 bits per heavy atom. The fourth-order valence-corrected chi connectivity index (χ4v) is 2.39. The van der Waals surface area contributed by atoms with Gasteiger partial charge in [0, 0.05) is 39.3 Å². The molecule has 0 atom stereocenters. The first-order valence-corrected chi connectivity index (χ1v) is 8.31. The van der Waals surface area contributed by atoms with Gasteiger partial charge in [-0.05, 0) is 40.5 Å². The van der Waals surface area contributed by atoms with E-state index in [1.807, 2.05) is 37.5 Å². The summed E-state index contributed by atoms with van der Waals surface area (Å²) in [5, 5.41) is 5.36. The zero-order chi connectivity index (χ0) is 17.1. The van der Waals surface area contributed by atoms with Gasteiger partial charge in [-0.15, -0.1) is 0 Å². The maximum atomic E-state index is 11.7. The normalized spacial score (nSPS) is 10.7. The third-order valence-electron chi connectivity index (χ3n) is 3.74. The van der Waals surface area contributed by atoms with Crippen molar-refractivity contribution in [1.82, 2.24) is 20.4 Å². The van der Waals surface area contributed by atoms with Crippen LogP contribution in [0, 0.1) is 0 Å². The van der Waals surface area contributed by atoms with Crippen LogP contribution in [0.3, 0.4) is 0 Å². The second-order valence-corrected chi connectivity index (χ2v) is 6.10. The lowest BCUT2D eigenvalue weighted by molar-refractivity contribution is 0.180. The van der Waals surface area contributed by atoms with E-state index in [-0.39, 0.29) is 24.1 Å². The number of hydrogen-bond acceptors (Lipinski definition) is 2. The van der Waals surface area contributed by atoms with Gasteiger partial charge in [-0.3, -0.25) is 0 Å². The molecule has 0 spiro atoms. The first kappa shape index (κ1) is 20.5. The summed E-state index contributed by atoms with van der Waals surface area (Å²) >= 11 is 0. The number of rotatable bonds is 9. The van der Waals surface area contributed by atoms with E-state index in [1.165, 1.54) is 0 Å². The number of unbranched alkanes of at least 4 members (excludes halogenated alkanes) is 3. The molecule has 130 valence electrons. The third-order valence-corrected chi connectivity index (χ3v) is 3.74. The smallest absolute Gasteiger partial charge is 0.317 e. The molecule has 6 nitrogen and oxygen atoms in total. The first-order valence-electron chi connectivity index (χ1n) is 8.31. The molecule has 0 rings (SSSR count). The predicted octanol–water partition coefficient (Wildman–Crippen LogP) is 2.65. The molecule has 0 radical (unpaired) electrons. The largest absolute Gasteiger partial charge is 0.341 e. The van der Waals surface area contributed by atoms with Crippen LogP contribution in [0.1, 0.15) is 53.4 Å². The molecule has 0 bridgehead atoms. The minimum atomic E-state index is -0.0133. The SMILES string of the molecule is CNC(=O)N(CCCCCCN(C(=O)NC)C(C)C)C(C)C. The summed E-state index contributed by atoms with van der Waals surface area (Å²) in [5.74, 6) is 0. The topological polar surface area (TPSA) is 64.7 Å². The Morgan fingerprint density at radius 3 is 1.27 bits per heavy atom. The summed E-state index contributed by atoms with van der Waals surface area (Å²) in [4.78, 5) is 27.1. The highest BCUT2D eigenvalue weighted by Crippen LogP contribution is 2.08. The highest BCUT2D eigenvalue weighted by Gasteiger charge is 2.15. The molecule has 22 heavy (non-hydrogen) atoms. The molecule has 0 fully saturated rings. The molecule has 4 amide bonds. The summed E-state index contributed by atoms with van der Waals surface area (Å²) in [6.07, 6.45) is 4.13.